The summed E-state index contributed by atoms with van der Waals surface area (Å²) >= 11 is 0. The van der Waals surface area contributed by atoms with E-state index < -0.39 is 12.6 Å². The summed E-state index contributed by atoms with van der Waals surface area (Å²) in [6.07, 6.45) is -5.51. The molecule has 5 aromatic rings. The predicted molar refractivity (Wildman–Crippen MR) is 199 cm³/mol. The molecule has 0 saturated carbocycles. The van der Waals surface area contributed by atoms with Crippen LogP contribution in [0.2, 0.25) is 0 Å². The zero-order valence-electron chi connectivity index (χ0n) is 29.7. The number of aromatic nitrogens is 1. The molecule has 1 aromatic heterocycles. The number of alkyl halides is 3. The number of nitrogens with one attached hydrogen (secondary N) is 1. The first-order chi connectivity index (χ1) is 23.0. The Morgan fingerprint density at radius 1 is 0.612 bits per heavy atom. The van der Waals surface area contributed by atoms with E-state index in [-0.39, 0.29) is 17.3 Å². The molecule has 0 bridgehead atoms. The third kappa shape index (κ3) is 7.22. The summed E-state index contributed by atoms with van der Waals surface area (Å²) < 4.78 is 42.2. The quantitative estimate of drug-likeness (QED) is 0.188. The number of fused-ring (bicyclic) bond motifs is 1. The summed E-state index contributed by atoms with van der Waals surface area (Å²) in [5.41, 5.74) is 13.6. The number of nitrogens with zero attached hydrogens (tertiary/aromatic N) is 1. The van der Waals surface area contributed by atoms with Gasteiger partial charge in [-0.2, -0.15) is 13.2 Å². The second kappa shape index (κ2) is 12.7. The van der Waals surface area contributed by atoms with Crippen LogP contribution in [0.5, 0.6) is 0 Å². The van der Waals surface area contributed by atoms with Crippen molar-refractivity contribution in [2.45, 2.75) is 85.2 Å². The monoisotopic (exact) mass is 658 g/mol. The van der Waals surface area contributed by atoms with Crippen molar-refractivity contribution >= 4 is 17.0 Å². The highest BCUT2D eigenvalue weighted by Gasteiger charge is 2.32. The summed E-state index contributed by atoms with van der Waals surface area (Å²) in [6.45, 7) is 17.2. The second-order valence-electron chi connectivity index (χ2n) is 15.4. The van der Waals surface area contributed by atoms with Crippen molar-refractivity contribution in [3.63, 3.8) is 0 Å². The Bertz CT molecular complexity index is 2060. The third-order valence-corrected chi connectivity index (χ3v) is 9.63. The molecule has 2 nitrogen and oxygen atoms in total. The Morgan fingerprint density at radius 2 is 1.16 bits per heavy atom. The van der Waals surface area contributed by atoms with Crippen LogP contribution in [0.1, 0.15) is 99.0 Å². The van der Waals surface area contributed by atoms with Gasteiger partial charge in [0.1, 0.15) is 0 Å². The zero-order chi connectivity index (χ0) is 35.3. The van der Waals surface area contributed by atoms with Gasteiger partial charge in [-0.3, -0.25) is 0 Å². The van der Waals surface area contributed by atoms with E-state index in [4.69, 9.17) is 4.99 Å². The normalized spacial score (nSPS) is 14.6. The minimum Gasteiger partial charge on any atom is -0.354 e. The third-order valence-electron chi connectivity index (χ3n) is 9.63. The molecule has 1 aliphatic rings. The van der Waals surface area contributed by atoms with E-state index in [9.17, 15) is 13.2 Å². The molecule has 0 unspecified atom stereocenters. The number of halogens is 3. The molecule has 0 atom stereocenters. The molecule has 252 valence electrons. The fourth-order valence-electron chi connectivity index (χ4n) is 6.47. The highest BCUT2D eigenvalue weighted by Crippen LogP contribution is 2.44. The molecule has 0 spiro atoms. The van der Waals surface area contributed by atoms with Crippen molar-refractivity contribution in [2.75, 3.05) is 0 Å². The molecular formula is C44H45F3N2. The summed E-state index contributed by atoms with van der Waals surface area (Å²) in [5.74, 6) is 0. The molecule has 0 fully saturated rings. The number of hydrogen-bond donors (Lipinski definition) is 1. The van der Waals surface area contributed by atoms with Gasteiger partial charge in [0, 0.05) is 39.9 Å². The van der Waals surface area contributed by atoms with Gasteiger partial charge >= 0.3 is 6.18 Å². The molecule has 2 heterocycles. The lowest BCUT2D eigenvalue weighted by Gasteiger charge is -2.19. The van der Waals surface area contributed by atoms with Gasteiger partial charge in [0.25, 0.3) is 0 Å². The summed E-state index contributed by atoms with van der Waals surface area (Å²) in [7, 11) is 0. The lowest BCUT2D eigenvalue weighted by molar-refractivity contribution is -0.133. The van der Waals surface area contributed by atoms with Gasteiger partial charge in [-0.1, -0.05) is 126 Å². The fourth-order valence-corrected chi connectivity index (χ4v) is 6.47. The number of aryl methyl sites for hydroxylation is 2. The predicted octanol–water partition coefficient (Wildman–Crippen LogP) is 12.6. The van der Waals surface area contributed by atoms with Gasteiger partial charge in [-0.25, -0.2) is 4.99 Å². The minimum atomic E-state index is -4.34. The van der Waals surface area contributed by atoms with Gasteiger partial charge in [-0.15, -0.1) is 0 Å². The Hall–Kier alpha value is -4.64. The average Bonchev–Trinajstić information content (AvgIpc) is 3.65. The number of rotatable bonds is 6. The number of aromatic amines is 1. The Balaban J connectivity index is 1.61. The summed E-state index contributed by atoms with van der Waals surface area (Å²) in [5, 5.41) is 0. The highest BCUT2D eigenvalue weighted by molar-refractivity contribution is 6.22. The van der Waals surface area contributed by atoms with Crippen molar-refractivity contribution in [1.82, 2.24) is 4.98 Å². The van der Waals surface area contributed by atoms with E-state index in [1.165, 1.54) is 16.7 Å². The molecule has 0 saturated heterocycles. The van der Waals surface area contributed by atoms with Crippen molar-refractivity contribution in [1.29, 1.82) is 0 Å². The summed E-state index contributed by atoms with van der Waals surface area (Å²) in [6, 6.07) is 33.0. The van der Waals surface area contributed by atoms with Crippen molar-refractivity contribution < 1.29 is 13.2 Å². The molecule has 4 aromatic carbocycles. The Labute approximate surface area is 288 Å². The molecule has 0 amide bonds. The summed E-state index contributed by atoms with van der Waals surface area (Å²) in [4.78, 5) is 8.81. The topological polar surface area (TPSA) is 28.1 Å². The molecule has 6 rings (SSSR count). The highest BCUT2D eigenvalue weighted by atomic mass is 19.4. The largest absolute Gasteiger partial charge is 0.389 e. The first-order valence-corrected chi connectivity index (χ1v) is 17.0. The first-order valence-electron chi connectivity index (χ1n) is 17.0. The zero-order valence-corrected chi connectivity index (χ0v) is 29.7. The van der Waals surface area contributed by atoms with Gasteiger partial charge in [-0.05, 0) is 76.6 Å². The molecule has 5 heteroatoms. The number of benzene rings is 4. The molecule has 1 aliphatic heterocycles. The van der Waals surface area contributed by atoms with Crippen LogP contribution in [-0.2, 0) is 10.8 Å². The van der Waals surface area contributed by atoms with Crippen molar-refractivity contribution in [2.24, 2.45) is 4.99 Å². The van der Waals surface area contributed by atoms with Crippen molar-refractivity contribution in [3.05, 3.63) is 142 Å². The van der Waals surface area contributed by atoms with Gasteiger partial charge in [0.05, 0.1) is 17.1 Å². The SMILES string of the molecule is Cc1ccc(C2=NC(=C(CCC(F)(F)F)c3[nH]c(-c4ccc(C(C)(C)C)cc4)cc3-c3ccc(C(C)(C)C)cc3)c3ccccc32)cc1C. The minimum absolute atomic E-state index is 0.00383. The van der Waals surface area contributed by atoms with Gasteiger partial charge in [0.15, 0.2) is 0 Å². The Kier molecular flexibility index (Phi) is 8.85. The van der Waals surface area contributed by atoms with Crippen LogP contribution >= 0.6 is 0 Å². The lowest BCUT2D eigenvalue weighted by atomic mass is 9.86. The van der Waals surface area contributed by atoms with E-state index in [2.05, 4.69) is 127 Å². The van der Waals surface area contributed by atoms with Crippen LogP contribution < -0.4 is 0 Å². The number of hydrogen-bond acceptors (Lipinski definition) is 1. The van der Waals surface area contributed by atoms with Crippen LogP contribution in [-0.4, -0.2) is 16.9 Å². The average molecular weight is 659 g/mol. The maximum Gasteiger partial charge on any atom is 0.389 e. The molecule has 0 aliphatic carbocycles. The van der Waals surface area contributed by atoms with E-state index in [1.54, 1.807) is 0 Å². The standard InChI is InChI=1S/C44H45F3N2/c1-27-13-14-31(25-28(27)2)39-34-11-9-10-12-35(34)40(49-39)36(23-24-44(45,46)47)41-37(29-15-19-32(20-16-29)42(3,4)5)26-38(48-41)30-17-21-33(22-18-30)43(6,7)8/h9-22,25-26,48H,23-24H2,1-8H3. The molecule has 49 heavy (non-hydrogen) atoms. The maximum atomic E-state index is 14.1. The van der Waals surface area contributed by atoms with E-state index in [0.29, 0.717) is 17.0 Å². The van der Waals surface area contributed by atoms with Gasteiger partial charge in [0.2, 0.25) is 0 Å². The van der Waals surface area contributed by atoms with Crippen LogP contribution in [0.15, 0.2) is 102 Å². The van der Waals surface area contributed by atoms with Gasteiger partial charge < -0.3 is 4.98 Å². The number of H-pyrrole nitrogens is 1. The van der Waals surface area contributed by atoms with Crippen LogP contribution in [0.4, 0.5) is 13.2 Å². The lowest BCUT2D eigenvalue weighted by Crippen LogP contribution is -2.10. The Morgan fingerprint density at radius 3 is 1.71 bits per heavy atom. The smallest absolute Gasteiger partial charge is 0.354 e. The molecule has 0 radical (unpaired) electrons. The van der Waals surface area contributed by atoms with Crippen LogP contribution in [0, 0.1) is 13.8 Å². The van der Waals surface area contributed by atoms with Crippen LogP contribution in [0.25, 0.3) is 33.7 Å². The van der Waals surface area contributed by atoms with E-state index in [1.807, 2.05) is 30.3 Å². The fraction of sp³-hybridized carbons (Fsp3) is 0.295. The molecular weight excluding hydrogens is 613 g/mol. The number of aliphatic imine (C=N–C) groups is 1. The van der Waals surface area contributed by atoms with Crippen LogP contribution in [0.3, 0.4) is 0 Å². The maximum absolute atomic E-state index is 14.1. The number of allylic oxidation sites excluding steroid dienone is 1. The van der Waals surface area contributed by atoms with E-state index >= 15 is 0 Å². The second-order valence-corrected chi connectivity index (χ2v) is 15.4. The molecule has 1 N–H and O–H groups in total. The van der Waals surface area contributed by atoms with Crippen molar-refractivity contribution in [3.8, 4) is 22.4 Å². The first kappa shape index (κ1) is 34.2. The van der Waals surface area contributed by atoms with E-state index in [0.717, 1.165) is 50.3 Å².